The number of nitrogens with zero attached hydrogens (tertiary/aromatic N) is 1. The summed E-state index contributed by atoms with van der Waals surface area (Å²) in [7, 11) is 0. The Bertz CT molecular complexity index is 844. The van der Waals surface area contributed by atoms with E-state index in [4.69, 9.17) is 4.74 Å². The summed E-state index contributed by atoms with van der Waals surface area (Å²) in [5.41, 5.74) is 4.08. The Morgan fingerprint density at radius 2 is 1.88 bits per heavy atom. The number of rotatable bonds is 5. The first-order chi connectivity index (χ1) is 11.6. The van der Waals surface area contributed by atoms with Crippen LogP contribution in [0.4, 0.5) is 0 Å². The number of fused-ring (bicyclic) bond motifs is 1. The molecule has 0 atom stereocenters. The lowest BCUT2D eigenvalue weighted by Gasteiger charge is -2.11. The van der Waals surface area contributed by atoms with Crippen molar-refractivity contribution in [3.05, 3.63) is 69.8 Å². The van der Waals surface area contributed by atoms with Gasteiger partial charge in [0, 0.05) is 11.6 Å². The lowest BCUT2D eigenvalue weighted by molar-refractivity contribution is 0.108. The number of aromatic nitrogens is 1. The molecule has 0 aliphatic rings. The van der Waals surface area contributed by atoms with Gasteiger partial charge in [-0.2, -0.15) is 0 Å². The van der Waals surface area contributed by atoms with E-state index in [0.717, 1.165) is 16.5 Å². The second kappa shape index (κ2) is 7.32. The minimum Gasteiger partial charge on any atom is -0.505 e. The van der Waals surface area contributed by atoms with Gasteiger partial charge in [0.05, 0.1) is 17.7 Å². The first-order valence-corrected chi connectivity index (χ1v) is 8.77. The molecule has 0 saturated carbocycles. The van der Waals surface area contributed by atoms with E-state index in [9.17, 15) is 5.11 Å². The molecule has 3 rings (SSSR count). The lowest BCUT2D eigenvalue weighted by Crippen LogP contribution is -1.97. The van der Waals surface area contributed by atoms with Crippen molar-refractivity contribution in [2.75, 3.05) is 0 Å². The quantitative estimate of drug-likeness (QED) is 0.626. The van der Waals surface area contributed by atoms with E-state index in [0.29, 0.717) is 29.1 Å². The van der Waals surface area contributed by atoms with Gasteiger partial charge in [-0.15, -0.1) is 0 Å². The molecule has 0 aliphatic carbocycles. The summed E-state index contributed by atoms with van der Waals surface area (Å²) in [4.78, 5) is 4.26. The molecule has 3 nitrogen and oxygen atoms in total. The van der Waals surface area contributed by atoms with Crippen molar-refractivity contribution in [3.63, 3.8) is 0 Å². The molecule has 124 valence electrons. The van der Waals surface area contributed by atoms with Gasteiger partial charge in [0.25, 0.3) is 0 Å². The number of ether oxygens (including phenoxy) is 1. The predicted octanol–water partition coefficient (Wildman–Crippen LogP) is 5.54. The van der Waals surface area contributed by atoms with Crippen LogP contribution in [0.3, 0.4) is 0 Å². The minimum absolute atomic E-state index is 0.165. The molecular weight excluding hydrogens is 366 g/mol. The maximum Gasteiger partial charge on any atom is 0.156 e. The molecule has 0 fully saturated rings. The number of pyridine rings is 1. The molecule has 1 N–H and O–H groups in total. The highest BCUT2D eigenvalue weighted by Gasteiger charge is 2.11. The topological polar surface area (TPSA) is 42.4 Å². The molecule has 0 saturated heterocycles. The van der Waals surface area contributed by atoms with Crippen molar-refractivity contribution in [1.82, 2.24) is 4.98 Å². The van der Waals surface area contributed by atoms with Gasteiger partial charge in [-0.1, -0.05) is 44.2 Å². The van der Waals surface area contributed by atoms with E-state index in [-0.39, 0.29) is 5.75 Å². The second-order valence-electron chi connectivity index (χ2n) is 6.15. The van der Waals surface area contributed by atoms with Gasteiger partial charge in [0.2, 0.25) is 0 Å². The molecule has 0 spiro atoms. The molecular formula is C20H20BrNO2. The maximum absolute atomic E-state index is 10.1. The third kappa shape index (κ3) is 3.60. The van der Waals surface area contributed by atoms with Gasteiger partial charge >= 0.3 is 0 Å². The van der Waals surface area contributed by atoms with E-state index in [1.54, 1.807) is 6.20 Å². The van der Waals surface area contributed by atoms with E-state index < -0.39 is 0 Å². The summed E-state index contributed by atoms with van der Waals surface area (Å²) >= 11 is 3.38. The van der Waals surface area contributed by atoms with Crippen LogP contribution in [0.2, 0.25) is 0 Å². The van der Waals surface area contributed by atoms with E-state index in [2.05, 4.69) is 59.0 Å². The molecule has 4 heteroatoms. The third-order valence-electron chi connectivity index (χ3n) is 4.08. The molecule has 24 heavy (non-hydrogen) atoms. The van der Waals surface area contributed by atoms with Crippen LogP contribution in [-0.4, -0.2) is 10.1 Å². The fourth-order valence-electron chi connectivity index (χ4n) is 2.66. The Kier molecular flexibility index (Phi) is 5.17. The average Bonchev–Trinajstić information content (AvgIpc) is 2.59. The normalized spacial score (nSPS) is 11.3. The van der Waals surface area contributed by atoms with Crippen molar-refractivity contribution in [1.29, 1.82) is 0 Å². The van der Waals surface area contributed by atoms with Gasteiger partial charge in [0.15, 0.2) is 5.75 Å². The number of hydrogen-bond donors (Lipinski definition) is 1. The second-order valence-corrected chi connectivity index (χ2v) is 7.01. The fraction of sp³-hybridized carbons (Fsp3) is 0.250. The van der Waals surface area contributed by atoms with Gasteiger partial charge in [-0.05, 0) is 50.7 Å². The smallest absolute Gasteiger partial charge is 0.156 e. The molecule has 2 aromatic carbocycles. The molecule has 1 aromatic heterocycles. The van der Waals surface area contributed by atoms with Crippen molar-refractivity contribution in [3.8, 4) is 5.75 Å². The van der Waals surface area contributed by atoms with Crippen LogP contribution in [0, 0.1) is 0 Å². The Balaban J connectivity index is 1.73. The molecule has 0 aliphatic heterocycles. The summed E-state index contributed by atoms with van der Waals surface area (Å²) in [5.74, 6) is 0.701. The van der Waals surface area contributed by atoms with Gasteiger partial charge in [0.1, 0.15) is 5.52 Å². The predicted molar refractivity (Wildman–Crippen MR) is 100 cm³/mol. The van der Waals surface area contributed by atoms with Crippen molar-refractivity contribution >= 4 is 26.8 Å². The Hall–Kier alpha value is -1.91. The van der Waals surface area contributed by atoms with Gasteiger partial charge in [-0.25, -0.2) is 0 Å². The van der Waals surface area contributed by atoms with Gasteiger partial charge < -0.3 is 9.84 Å². The number of hydrogen-bond acceptors (Lipinski definition) is 3. The number of aromatic hydroxyl groups is 1. The van der Waals surface area contributed by atoms with Crippen LogP contribution in [0.15, 0.2) is 53.1 Å². The molecule has 1 heterocycles. The summed E-state index contributed by atoms with van der Waals surface area (Å²) in [6.07, 6.45) is 1.68. The highest BCUT2D eigenvalue weighted by Crippen LogP contribution is 2.34. The zero-order chi connectivity index (χ0) is 17.1. The highest BCUT2D eigenvalue weighted by atomic mass is 79.9. The Morgan fingerprint density at radius 3 is 2.58 bits per heavy atom. The number of benzene rings is 2. The monoisotopic (exact) mass is 385 g/mol. The van der Waals surface area contributed by atoms with Crippen molar-refractivity contribution in [2.24, 2.45) is 0 Å². The van der Waals surface area contributed by atoms with Crippen molar-refractivity contribution < 1.29 is 9.84 Å². The van der Waals surface area contributed by atoms with Crippen LogP contribution >= 0.6 is 15.9 Å². The van der Waals surface area contributed by atoms with Crippen LogP contribution in [0.1, 0.15) is 36.5 Å². The van der Waals surface area contributed by atoms with Gasteiger partial charge in [-0.3, -0.25) is 4.98 Å². The summed E-state index contributed by atoms with van der Waals surface area (Å²) in [5, 5.41) is 11.0. The number of halogens is 1. The zero-order valence-corrected chi connectivity index (χ0v) is 15.4. The van der Waals surface area contributed by atoms with Crippen LogP contribution in [0.25, 0.3) is 10.9 Å². The minimum atomic E-state index is 0.165. The third-order valence-corrected chi connectivity index (χ3v) is 4.68. The Labute approximate surface area is 150 Å². The molecule has 3 aromatic rings. The Morgan fingerprint density at radius 1 is 1.12 bits per heavy atom. The summed E-state index contributed by atoms with van der Waals surface area (Å²) < 4.78 is 6.51. The van der Waals surface area contributed by atoms with Crippen LogP contribution in [0.5, 0.6) is 5.75 Å². The zero-order valence-electron chi connectivity index (χ0n) is 13.8. The molecule has 0 radical (unpaired) electrons. The number of phenolic OH excluding ortho intramolecular Hbond substituents is 1. The van der Waals surface area contributed by atoms with Crippen LogP contribution in [-0.2, 0) is 18.0 Å². The SMILES string of the molecule is CC(C)c1ccc(COCc2cc(Br)c(O)c3ncccc23)cc1. The first kappa shape index (κ1) is 16.9. The lowest BCUT2D eigenvalue weighted by atomic mass is 10.0. The average molecular weight is 386 g/mol. The summed E-state index contributed by atoms with van der Waals surface area (Å²) in [6.45, 7) is 5.40. The van der Waals surface area contributed by atoms with E-state index in [1.807, 2.05) is 18.2 Å². The molecule has 0 bridgehead atoms. The molecule has 0 amide bonds. The summed E-state index contributed by atoms with van der Waals surface area (Å²) in [6, 6.07) is 14.2. The van der Waals surface area contributed by atoms with E-state index in [1.165, 1.54) is 5.56 Å². The van der Waals surface area contributed by atoms with E-state index >= 15 is 0 Å². The highest BCUT2D eigenvalue weighted by molar-refractivity contribution is 9.10. The van der Waals surface area contributed by atoms with Crippen LogP contribution < -0.4 is 0 Å². The number of phenols is 1. The maximum atomic E-state index is 10.1. The largest absolute Gasteiger partial charge is 0.505 e. The first-order valence-electron chi connectivity index (χ1n) is 7.98. The van der Waals surface area contributed by atoms with Crippen molar-refractivity contribution in [2.45, 2.75) is 33.0 Å². The fourth-order valence-corrected chi connectivity index (χ4v) is 3.13. The molecule has 0 unspecified atom stereocenters. The standard InChI is InChI=1S/C20H20BrNO2/c1-13(2)15-7-5-14(6-8-15)11-24-12-16-10-18(21)20(23)19-17(16)4-3-9-22-19/h3-10,13,23H,11-12H2,1-2H3.